The van der Waals surface area contributed by atoms with Crippen LogP contribution < -0.4 is 11.1 Å². The van der Waals surface area contributed by atoms with E-state index in [1.54, 1.807) is 0 Å². The second-order valence-electron chi connectivity index (χ2n) is 5.37. The molecule has 0 spiro atoms. The summed E-state index contributed by atoms with van der Waals surface area (Å²) >= 11 is 0. The number of fused-ring (bicyclic) bond motifs is 1. The molecule has 136 valence electrons. The second kappa shape index (κ2) is 5.75. The van der Waals surface area contributed by atoms with Gasteiger partial charge in [0.2, 0.25) is 0 Å². The van der Waals surface area contributed by atoms with Crippen LogP contribution in [0.3, 0.4) is 0 Å². The molecule has 1 N–H and O–H groups in total. The molecular weight excluding hydrogens is 366 g/mol. The average molecular weight is 374 g/mol. The lowest BCUT2D eigenvalue weighted by molar-refractivity contribution is -0.138. The maximum Gasteiger partial charge on any atom is 0.416 e. The molecule has 0 radical (unpaired) electrons. The Kier molecular flexibility index (Phi) is 3.93. The van der Waals surface area contributed by atoms with Crippen molar-refractivity contribution in [3.63, 3.8) is 0 Å². The number of rotatable bonds is 1. The van der Waals surface area contributed by atoms with Gasteiger partial charge in [-0.1, -0.05) is 0 Å². The van der Waals surface area contributed by atoms with Gasteiger partial charge in [0.1, 0.15) is 0 Å². The van der Waals surface area contributed by atoms with E-state index in [4.69, 9.17) is 0 Å². The van der Waals surface area contributed by atoms with Crippen molar-refractivity contribution in [2.75, 3.05) is 0 Å². The Hall–Kier alpha value is -3.04. The number of aromatic nitrogens is 2. The SMILES string of the molecule is O=c1[nH]c2cc(C(F)(F)F)ccc2n(-c2ccc(C(F)(F)F)cc2)c1=O. The maximum absolute atomic E-state index is 12.8. The predicted molar refractivity (Wildman–Crippen MR) is 80.2 cm³/mol. The molecule has 1 aromatic heterocycles. The van der Waals surface area contributed by atoms with Crippen LogP contribution in [0.5, 0.6) is 0 Å². The molecule has 0 bridgehead atoms. The van der Waals surface area contributed by atoms with Crippen molar-refractivity contribution in [3.05, 3.63) is 74.3 Å². The number of hydrogen-bond donors (Lipinski definition) is 1. The van der Waals surface area contributed by atoms with Gasteiger partial charge < -0.3 is 4.98 Å². The lowest BCUT2D eigenvalue weighted by Crippen LogP contribution is -2.35. The van der Waals surface area contributed by atoms with Gasteiger partial charge in [0, 0.05) is 5.69 Å². The van der Waals surface area contributed by atoms with Crippen LogP contribution in [-0.2, 0) is 12.4 Å². The van der Waals surface area contributed by atoms with Crippen LogP contribution in [0, 0.1) is 0 Å². The van der Waals surface area contributed by atoms with Crippen molar-refractivity contribution < 1.29 is 26.3 Å². The molecule has 0 amide bonds. The van der Waals surface area contributed by atoms with E-state index in [2.05, 4.69) is 0 Å². The summed E-state index contributed by atoms with van der Waals surface area (Å²) in [5, 5.41) is 0. The van der Waals surface area contributed by atoms with E-state index in [0.717, 1.165) is 22.8 Å². The smallest absolute Gasteiger partial charge is 0.316 e. The number of alkyl halides is 6. The maximum atomic E-state index is 12.8. The Morgan fingerprint density at radius 2 is 1.31 bits per heavy atom. The summed E-state index contributed by atoms with van der Waals surface area (Å²) in [5.74, 6) is 0. The molecule has 0 aliphatic carbocycles. The van der Waals surface area contributed by atoms with Crippen molar-refractivity contribution in [1.29, 1.82) is 0 Å². The van der Waals surface area contributed by atoms with Gasteiger partial charge >= 0.3 is 23.5 Å². The summed E-state index contributed by atoms with van der Waals surface area (Å²) in [6.45, 7) is 0. The van der Waals surface area contributed by atoms with Crippen molar-refractivity contribution in [2.45, 2.75) is 12.4 Å². The summed E-state index contributed by atoms with van der Waals surface area (Å²) in [4.78, 5) is 25.9. The van der Waals surface area contributed by atoms with E-state index < -0.39 is 34.6 Å². The normalized spacial score (nSPS) is 12.5. The minimum absolute atomic E-state index is 0.0811. The van der Waals surface area contributed by atoms with Gasteiger partial charge in [-0.15, -0.1) is 0 Å². The molecule has 0 saturated carbocycles. The van der Waals surface area contributed by atoms with Crippen molar-refractivity contribution in [2.24, 2.45) is 0 Å². The molecule has 1 heterocycles. The van der Waals surface area contributed by atoms with Gasteiger partial charge in [-0.3, -0.25) is 14.2 Å². The molecule has 0 aliphatic rings. The number of nitrogens with one attached hydrogen (secondary N) is 1. The van der Waals surface area contributed by atoms with E-state index >= 15 is 0 Å². The first kappa shape index (κ1) is 17.8. The zero-order valence-corrected chi connectivity index (χ0v) is 12.6. The van der Waals surface area contributed by atoms with E-state index in [9.17, 15) is 35.9 Å². The topological polar surface area (TPSA) is 54.9 Å². The second-order valence-corrected chi connectivity index (χ2v) is 5.37. The monoisotopic (exact) mass is 374 g/mol. The Morgan fingerprint density at radius 1 is 0.769 bits per heavy atom. The van der Waals surface area contributed by atoms with Crippen LogP contribution in [0.1, 0.15) is 11.1 Å². The van der Waals surface area contributed by atoms with E-state index in [1.165, 1.54) is 0 Å². The van der Waals surface area contributed by atoms with Crippen LogP contribution in [0.25, 0.3) is 16.7 Å². The van der Waals surface area contributed by atoms with Crippen LogP contribution in [-0.4, -0.2) is 9.55 Å². The van der Waals surface area contributed by atoms with E-state index in [1.807, 2.05) is 4.98 Å². The summed E-state index contributed by atoms with van der Waals surface area (Å²) in [6, 6.07) is 5.66. The fourth-order valence-corrected chi connectivity index (χ4v) is 2.45. The third kappa shape index (κ3) is 3.09. The number of hydrogen-bond acceptors (Lipinski definition) is 2. The Morgan fingerprint density at radius 3 is 1.85 bits per heavy atom. The Bertz CT molecular complexity index is 1090. The fourth-order valence-electron chi connectivity index (χ4n) is 2.45. The van der Waals surface area contributed by atoms with Gasteiger partial charge in [-0.2, -0.15) is 26.3 Å². The molecule has 2 aromatic carbocycles. The molecule has 0 fully saturated rings. The minimum Gasteiger partial charge on any atom is -0.316 e. The quantitative estimate of drug-likeness (QED) is 0.522. The van der Waals surface area contributed by atoms with E-state index in [-0.39, 0.29) is 16.7 Å². The molecule has 0 saturated heterocycles. The molecule has 0 unspecified atom stereocenters. The third-order valence-corrected chi connectivity index (χ3v) is 3.66. The summed E-state index contributed by atoms with van der Waals surface area (Å²) in [7, 11) is 0. The highest BCUT2D eigenvalue weighted by molar-refractivity contribution is 5.77. The average Bonchev–Trinajstić information content (AvgIpc) is 2.54. The lowest BCUT2D eigenvalue weighted by Gasteiger charge is -2.13. The van der Waals surface area contributed by atoms with Gasteiger partial charge in [0.25, 0.3) is 0 Å². The number of benzene rings is 2. The van der Waals surface area contributed by atoms with E-state index in [0.29, 0.717) is 24.3 Å². The largest absolute Gasteiger partial charge is 0.416 e. The number of H-pyrrole nitrogens is 1. The zero-order valence-electron chi connectivity index (χ0n) is 12.6. The van der Waals surface area contributed by atoms with Gasteiger partial charge in [0.05, 0.1) is 22.2 Å². The van der Waals surface area contributed by atoms with Crippen molar-refractivity contribution in [3.8, 4) is 5.69 Å². The first-order chi connectivity index (χ1) is 12.0. The Balaban J connectivity index is 2.27. The molecule has 26 heavy (non-hydrogen) atoms. The molecule has 3 aromatic rings. The molecule has 3 rings (SSSR count). The highest BCUT2D eigenvalue weighted by atomic mass is 19.4. The molecule has 0 aliphatic heterocycles. The summed E-state index contributed by atoms with van der Waals surface area (Å²) in [5.41, 5.74) is -4.78. The summed E-state index contributed by atoms with van der Waals surface area (Å²) in [6.07, 6.45) is -9.26. The number of nitrogens with zero attached hydrogens (tertiary/aromatic N) is 1. The minimum atomic E-state index is -4.67. The van der Waals surface area contributed by atoms with Gasteiger partial charge in [0.15, 0.2) is 0 Å². The van der Waals surface area contributed by atoms with Gasteiger partial charge in [-0.25, -0.2) is 0 Å². The van der Waals surface area contributed by atoms with Crippen LogP contribution >= 0.6 is 0 Å². The standard InChI is InChI=1S/C16H8F6N2O2/c17-15(18,19)8-1-4-10(5-2-8)24-12-6-3-9(16(20,21)22)7-11(12)23-13(25)14(24)26/h1-7H,(H,23,25). The summed E-state index contributed by atoms with van der Waals surface area (Å²) < 4.78 is 77.1. The third-order valence-electron chi connectivity index (χ3n) is 3.66. The van der Waals surface area contributed by atoms with Crippen molar-refractivity contribution in [1.82, 2.24) is 9.55 Å². The first-order valence-corrected chi connectivity index (χ1v) is 7.02. The molecule has 10 heteroatoms. The van der Waals surface area contributed by atoms with Crippen LogP contribution in [0.15, 0.2) is 52.1 Å². The lowest BCUT2D eigenvalue weighted by atomic mass is 10.1. The highest BCUT2D eigenvalue weighted by Crippen LogP contribution is 2.32. The first-order valence-electron chi connectivity index (χ1n) is 7.02. The molecular formula is C16H8F6N2O2. The Labute approximate surface area is 140 Å². The molecule has 4 nitrogen and oxygen atoms in total. The van der Waals surface area contributed by atoms with Gasteiger partial charge in [-0.05, 0) is 42.5 Å². The number of aromatic amines is 1. The van der Waals surface area contributed by atoms with Crippen LogP contribution in [0.2, 0.25) is 0 Å². The van der Waals surface area contributed by atoms with Crippen LogP contribution in [0.4, 0.5) is 26.3 Å². The molecule has 0 atom stereocenters. The zero-order chi connectivity index (χ0) is 19.3. The van der Waals surface area contributed by atoms with Crippen molar-refractivity contribution >= 4 is 11.0 Å². The predicted octanol–water partition coefficient (Wildman–Crippen LogP) is 3.72. The fraction of sp³-hybridized carbons (Fsp3) is 0.125. The number of halogens is 6. The highest BCUT2D eigenvalue weighted by Gasteiger charge is 2.31.